The van der Waals surface area contributed by atoms with E-state index in [1.54, 1.807) is 37.4 Å². The van der Waals surface area contributed by atoms with E-state index >= 15 is 0 Å². The number of aryl methyl sites for hydroxylation is 1. The molecule has 4 heterocycles. The van der Waals surface area contributed by atoms with Crippen LogP contribution in [0.5, 0.6) is 0 Å². The normalized spacial score (nSPS) is 20.2. The molecule has 172 valence electrons. The number of rotatable bonds is 4. The molecular weight excluding hydrogens is 426 g/mol. The Labute approximate surface area is 191 Å². The summed E-state index contributed by atoms with van der Waals surface area (Å²) in [5, 5.41) is 0. The first kappa shape index (κ1) is 22.8. The van der Waals surface area contributed by atoms with Crippen LogP contribution in [0.4, 0.5) is 20.3 Å². The van der Waals surface area contributed by atoms with Gasteiger partial charge < -0.3 is 14.3 Å². The van der Waals surface area contributed by atoms with Gasteiger partial charge in [0.05, 0.1) is 16.9 Å². The Kier molecular flexibility index (Phi) is 6.13. The second-order valence-corrected chi connectivity index (χ2v) is 8.59. The van der Waals surface area contributed by atoms with E-state index in [-0.39, 0.29) is 35.2 Å². The molecule has 0 spiro atoms. The summed E-state index contributed by atoms with van der Waals surface area (Å²) in [6, 6.07) is 9.65. The molecule has 3 aromatic heterocycles. The zero-order chi connectivity index (χ0) is 23.9. The highest BCUT2D eigenvalue weighted by Gasteiger charge is 2.34. The Bertz CT molecular complexity index is 1280. The molecule has 3 aromatic rings. The molecule has 0 saturated carbocycles. The summed E-state index contributed by atoms with van der Waals surface area (Å²) in [6.45, 7) is 14.7. The third-order valence-corrected chi connectivity index (χ3v) is 6.45. The minimum absolute atomic E-state index is 0.0237. The molecule has 3 atom stereocenters. The number of hydrogen-bond acceptors (Lipinski definition) is 5. The van der Waals surface area contributed by atoms with E-state index in [1.165, 1.54) is 10.6 Å². The van der Waals surface area contributed by atoms with Crippen molar-refractivity contribution >= 4 is 22.5 Å². The van der Waals surface area contributed by atoms with E-state index in [2.05, 4.69) is 38.5 Å². The highest BCUT2D eigenvalue weighted by atomic mass is 19.3. The molecule has 0 N–H and O–H groups in total. The van der Waals surface area contributed by atoms with Crippen LogP contribution in [0.3, 0.4) is 0 Å². The molecule has 0 radical (unpaired) electrons. The molecular formula is C24H26F2N6O. The number of anilines is 1. The van der Waals surface area contributed by atoms with Crippen molar-refractivity contribution in [2.24, 2.45) is 7.05 Å². The fourth-order valence-corrected chi connectivity index (χ4v) is 4.60. The van der Waals surface area contributed by atoms with Gasteiger partial charge in [-0.3, -0.25) is 14.7 Å². The van der Waals surface area contributed by atoms with Crippen LogP contribution in [0.25, 0.3) is 15.9 Å². The highest BCUT2D eigenvalue weighted by Crippen LogP contribution is 2.33. The van der Waals surface area contributed by atoms with E-state index in [0.717, 1.165) is 0 Å². The number of nitrogens with zero attached hydrogens (tertiary/aromatic N) is 6. The summed E-state index contributed by atoms with van der Waals surface area (Å²) in [4.78, 5) is 29.2. The van der Waals surface area contributed by atoms with Gasteiger partial charge in [0.15, 0.2) is 0 Å². The Balaban J connectivity index is 1.67. The molecule has 0 amide bonds. The highest BCUT2D eigenvalue weighted by molar-refractivity contribution is 5.89. The number of pyridine rings is 3. The lowest BCUT2D eigenvalue weighted by Gasteiger charge is -2.47. The third kappa shape index (κ3) is 4.18. The summed E-state index contributed by atoms with van der Waals surface area (Å²) in [5.41, 5.74) is 2.27. The topological polar surface area (TPSA) is 58.6 Å². The van der Waals surface area contributed by atoms with Crippen molar-refractivity contribution in [2.75, 3.05) is 18.0 Å². The van der Waals surface area contributed by atoms with Gasteiger partial charge in [-0.05, 0) is 45.0 Å². The Morgan fingerprint density at radius 3 is 2.52 bits per heavy atom. The standard InChI is InChI=1S/C24H26F2N6O/c1-14-13-32(20-11-22(33)30(5)19-9-10-21(27-4)29-23(19)20)15(2)12-31(14)16(3)17-7-6-8-18(28-17)24(25)26/h6-11,14-16,24H,12-13H2,1-3,5H3/t14-,15+,16?/m1/s1. The van der Waals surface area contributed by atoms with Crippen LogP contribution < -0.4 is 10.5 Å². The fraction of sp³-hybridized carbons (Fsp3) is 0.417. The zero-order valence-electron chi connectivity index (χ0n) is 19.0. The number of piperazine rings is 1. The molecule has 0 aromatic carbocycles. The number of hydrogen-bond donors (Lipinski definition) is 0. The molecule has 33 heavy (non-hydrogen) atoms. The summed E-state index contributed by atoms with van der Waals surface area (Å²) >= 11 is 0. The van der Waals surface area contributed by atoms with Gasteiger partial charge in [-0.25, -0.2) is 8.78 Å². The van der Waals surface area contributed by atoms with Crippen molar-refractivity contribution < 1.29 is 8.78 Å². The predicted octanol–water partition coefficient (Wildman–Crippen LogP) is 4.48. The molecule has 1 aliphatic heterocycles. The fourth-order valence-electron chi connectivity index (χ4n) is 4.60. The SMILES string of the molecule is [C-]#[N+]c1ccc2c(n1)c(N1C[C@@H](C)N(C(C)c3cccc(C(F)F)n3)C[C@@H]1C)cc(=O)n2C. The van der Waals surface area contributed by atoms with E-state index in [1.807, 2.05) is 6.92 Å². The summed E-state index contributed by atoms with van der Waals surface area (Å²) in [7, 11) is 1.69. The van der Waals surface area contributed by atoms with Crippen molar-refractivity contribution in [3.8, 4) is 0 Å². The van der Waals surface area contributed by atoms with E-state index in [4.69, 9.17) is 6.57 Å². The monoisotopic (exact) mass is 452 g/mol. The summed E-state index contributed by atoms with van der Waals surface area (Å²) in [5.74, 6) is 0.278. The van der Waals surface area contributed by atoms with Crippen LogP contribution in [-0.2, 0) is 7.05 Å². The molecule has 0 aliphatic carbocycles. The zero-order valence-corrected chi connectivity index (χ0v) is 19.0. The van der Waals surface area contributed by atoms with Crippen molar-refractivity contribution in [3.05, 3.63) is 69.6 Å². The van der Waals surface area contributed by atoms with E-state index in [0.29, 0.717) is 35.5 Å². The first-order valence-corrected chi connectivity index (χ1v) is 10.9. The molecule has 9 heteroatoms. The molecule has 1 unspecified atom stereocenters. The minimum Gasteiger partial charge on any atom is -0.362 e. The Morgan fingerprint density at radius 2 is 1.82 bits per heavy atom. The van der Waals surface area contributed by atoms with Gasteiger partial charge in [-0.2, -0.15) is 0 Å². The maximum atomic E-state index is 13.1. The van der Waals surface area contributed by atoms with Crippen molar-refractivity contribution in [1.82, 2.24) is 19.4 Å². The van der Waals surface area contributed by atoms with Gasteiger partial charge in [0.1, 0.15) is 5.69 Å². The second kappa shape index (κ2) is 8.87. The van der Waals surface area contributed by atoms with Crippen LogP contribution in [0.1, 0.15) is 44.6 Å². The van der Waals surface area contributed by atoms with Crippen molar-refractivity contribution in [1.29, 1.82) is 0 Å². The van der Waals surface area contributed by atoms with Crippen LogP contribution in [-0.4, -0.2) is 44.6 Å². The average molecular weight is 453 g/mol. The molecule has 7 nitrogen and oxygen atoms in total. The number of alkyl halides is 2. The van der Waals surface area contributed by atoms with Crippen molar-refractivity contribution in [3.63, 3.8) is 0 Å². The average Bonchev–Trinajstić information content (AvgIpc) is 2.82. The molecule has 4 rings (SSSR count). The number of halogens is 2. The molecule has 1 saturated heterocycles. The lowest BCUT2D eigenvalue weighted by molar-refractivity contribution is 0.115. The smallest absolute Gasteiger partial charge is 0.280 e. The second-order valence-electron chi connectivity index (χ2n) is 8.59. The minimum atomic E-state index is -2.60. The van der Waals surface area contributed by atoms with Crippen LogP contribution in [0, 0.1) is 6.57 Å². The van der Waals surface area contributed by atoms with Crippen LogP contribution >= 0.6 is 0 Å². The Hall–Kier alpha value is -3.38. The first-order valence-electron chi connectivity index (χ1n) is 10.9. The number of aromatic nitrogens is 3. The van der Waals surface area contributed by atoms with Gasteiger partial charge in [-0.15, -0.1) is 4.98 Å². The predicted molar refractivity (Wildman–Crippen MR) is 124 cm³/mol. The molecule has 1 fully saturated rings. The lowest BCUT2D eigenvalue weighted by Crippen LogP contribution is -2.57. The largest absolute Gasteiger partial charge is 0.362 e. The number of fused-ring (bicyclic) bond motifs is 1. The van der Waals surface area contributed by atoms with Crippen LogP contribution in [0.2, 0.25) is 0 Å². The molecule has 0 bridgehead atoms. The van der Waals surface area contributed by atoms with Crippen molar-refractivity contribution in [2.45, 2.75) is 45.3 Å². The van der Waals surface area contributed by atoms with Gasteiger partial charge in [0, 0.05) is 44.3 Å². The van der Waals surface area contributed by atoms with Crippen LogP contribution in [0.15, 0.2) is 41.2 Å². The lowest BCUT2D eigenvalue weighted by atomic mass is 10.0. The quantitative estimate of drug-likeness (QED) is 0.547. The van der Waals surface area contributed by atoms with Gasteiger partial charge >= 0.3 is 0 Å². The van der Waals surface area contributed by atoms with Gasteiger partial charge in [0.2, 0.25) is 5.52 Å². The summed E-state index contributed by atoms with van der Waals surface area (Å²) < 4.78 is 27.8. The van der Waals surface area contributed by atoms with E-state index < -0.39 is 6.43 Å². The molecule has 1 aliphatic rings. The van der Waals surface area contributed by atoms with Gasteiger partial charge in [0.25, 0.3) is 17.8 Å². The third-order valence-electron chi connectivity index (χ3n) is 6.45. The first-order chi connectivity index (χ1) is 15.7. The van der Waals surface area contributed by atoms with E-state index in [9.17, 15) is 13.6 Å². The summed E-state index contributed by atoms with van der Waals surface area (Å²) in [6.07, 6.45) is -2.60. The van der Waals surface area contributed by atoms with Gasteiger partial charge in [-0.1, -0.05) is 12.6 Å². The maximum Gasteiger partial charge on any atom is 0.280 e. The Morgan fingerprint density at radius 1 is 1.09 bits per heavy atom. The maximum absolute atomic E-state index is 13.1.